The molecule has 0 fully saturated rings. The zero-order valence-corrected chi connectivity index (χ0v) is 19.4. The van der Waals surface area contributed by atoms with Crippen molar-refractivity contribution < 1.29 is 19.0 Å². The molecule has 0 unspecified atom stereocenters. The van der Waals surface area contributed by atoms with Crippen LogP contribution >= 0.6 is 0 Å². The molecular formula is C25H25N5O5. The van der Waals surface area contributed by atoms with Crippen LogP contribution in [-0.2, 0) is 9.53 Å². The summed E-state index contributed by atoms with van der Waals surface area (Å²) in [6.45, 7) is 2.37. The molecule has 0 saturated carbocycles. The summed E-state index contributed by atoms with van der Waals surface area (Å²) in [5, 5.41) is 13.6. The van der Waals surface area contributed by atoms with Gasteiger partial charge in [0.2, 0.25) is 5.95 Å². The summed E-state index contributed by atoms with van der Waals surface area (Å²) < 4.78 is 16.2. The van der Waals surface area contributed by atoms with E-state index in [1.54, 1.807) is 49.4 Å². The average molecular weight is 476 g/mol. The molecule has 0 radical (unpaired) electrons. The van der Waals surface area contributed by atoms with Gasteiger partial charge in [0.15, 0.2) is 11.5 Å². The van der Waals surface area contributed by atoms with Crippen molar-refractivity contribution in [3.05, 3.63) is 70.0 Å². The summed E-state index contributed by atoms with van der Waals surface area (Å²) in [5.74, 6) is 0.752. The van der Waals surface area contributed by atoms with E-state index >= 15 is 0 Å². The fraction of sp³-hybridized carbons (Fsp3) is 0.240. The Balaban J connectivity index is 1.77. The lowest BCUT2D eigenvalue weighted by molar-refractivity contribution is -0.143. The molecule has 0 atom stereocenters. The van der Waals surface area contributed by atoms with Crippen LogP contribution < -0.4 is 20.5 Å². The van der Waals surface area contributed by atoms with Gasteiger partial charge in [0.05, 0.1) is 32.2 Å². The maximum atomic E-state index is 12.4. The summed E-state index contributed by atoms with van der Waals surface area (Å²) >= 11 is 0. The summed E-state index contributed by atoms with van der Waals surface area (Å²) in [6, 6.07) is 16.1. The Kier molecular flexibility index (Phi) is 8.96. The van der Waals surface area contributed by atoms with Crippen LogP contribution in [0.4, 0.5) is 5.95 Å². The fourth-order valence-corrected chi connectivity index (χ4v) is 3.17. The lowest BCUT2D eigenvalue weighted by atomic mass is 10.1. The first-order valence-electron chi connectivity index (χ1n) is 10.9. The molecule has 35 heavy (non-hydrogen) atoms. The van der Waals surface area contributed by atoms with Gasteiger partial charge in [0, 0.05) is 17.5 Å². The third-order valence-electron chi connectivity index (χ3n) is 4.76. The lowest BCUT2D eigenvalue weighted by Crippen LogP contribution is -2.16. The van der Waals surface area contributed by atoms with Gasteiger partial charge in [0.1, 0.15) is 11.6 Å². The number of aromatic amines is 1. The van der Waals surface area contributed by atoms with E-state index in [4.69, 9.17) is 14.2 Å². The summed E-state index contributed by atoms with van der Waals surface area (Å²) in [7, 11) is 1.52. The highest BCUT2D eigenvalue weighted by molar-refractivity contribution is 5.85. The van der Waals surface area contributed by atoms with Crippen molar-refractivity contribution in [2.75, 3.05) is 25.7 Å². The fourth-order valence-electron chi connectivity index (χ4n) is 3.17. The van der Waals surface area contributed by atoms with Gasteiger partial charge in [-0.2, -0.15) is 10.4 Å². The number of anilines is 1. The normalized spacial score (nSPS) is 10.5. The van der Waals surface area contributed by atoms with Gasteiger partial charge < -0.3 is 14.2 Å². The Morgan fingerprint density at radius 2 is 2.03 bits per heavy atom. The Labute approximate surface area is 202 Å². The molecule has 1 heterocycles. The first-order valence-corrected chi connectivity index (χ1v) is 10.9. The van der Waals surface area contributed by atoms with E-state index in [1.807, 2.05) is 12.1 Å². The number of nitriles is 1. The van der Waals surface area contributed by atoms with Crippen molar-refractivity contribution in [1.82, 2.24) is 9.97 Å². The van der Waals surface area contributed by atoms with E-state index in [0.29, 0.717) is 35.7 Å². The minimum Gasteiger partial charge on any atom is -0.493 e. The van der Waals surface area contributed by atoms with Gasteiger partial charge in [-0.3, -0.25) is 14.6 Å². The Hall–Kier alpha value is -4.65. The number of rotatable bonds is 11. The second-order valence-electron chi connectivity index (χ2n) is 7.12. The molecule has 0 aliphatic rings. The number of hydrazone groups is 1. The van der Waals surface area contributed by atoms with E-state index < -0.39 is 5.56 Å². The minimum atomic E-state index is -0.578. The number of nitrogens with zero attached hydrogens (tertiary/aromatic N) is 3. The van der Waals surface area contributed by atoms with Crippen LogP contribution in [0.3, 0.4) is 0 Å². The molecule has 0 spiro atoms. The maximum absolute atomic E-state index is 12.4. The third-order valence-corrected chi connectivity index (χ3v) is 4.76. The second kappa shape index (κ2) is 12.6. The van der Waals surface area contributed by atoms with E-state index in [9.17, 15) is 14.9 Å². The second-order valence-corrected chi connectivity index (χ2v) is 7.12. The van der Waals surface area contributed by atoms with E-state index in [-0.39, 0.29) is 36.2 Å². The number of hydrogen-bond donors (Lipinski definition) is 2. The molecule has 0 aliphatic carbocycles. The van der Waals surface area contributed by atoms with Crippen LogP contribution in [0.25, 0.3) is 11.3 Å². The number of benzene rings is 2. The molecule has 2 aromatic carbocycles. The number of hydrogen-bond acceptors (Lipinski definition) is 9. The van der Waals surface area contributed by atoms with Crippen LogP contribution in [0.1, 0.15) is 30.9 Å². The number of carbonyl (C=O) groups is 1. The molecule has 0 amide bonds. The third kappa shape index (κ3) is 6.68. The molecule has 3 rings (SSSR count). The molecule has 10 nitrogen and oxygen atoms in total. The van der Waals surface area contributed by atoms with E-state index in [2.05, 4.69) is 20.5 Å². The topological polar surface area (TPSA) is 139 Å². The van der Waals surface area contributed by atoms with E-state index in [1.165, 1.54) is 13.3 Å². The average Bonchev–Trinajstić information content (AvgIpc) is 2.87. The molecule has 10 heteroatoms. The SMILES string of the molecule is CCOC(=O)CCCOc1c(C=NNc2nc(-c3ccccc3)c(C#N)c(=O)[nH]2)cccc1OC. The quantitative estimate of drug-likeness (QED) is 0.186. The van der Waals surface area contributed by atoms with Crippen molar-refractivity contribution in [1.29, 1.82) is 5.26 Å². The highest BCUT2D eigenvalue weighted by atomic mass is 16.5. The van der Waals surface area contributed by atoms with Gasteiger partial charge in [-0.1, -0.05) is 36.4 Å². The highest BCUT2D eigenvalue weighted by Crippen LogP contribution is 2.30. The van der Waals surface area contributed by atoms with Crippen LogP contribution in [-0.4, -0.2) is 42.5 Å². The predicted octanol–water partition coefficient (Wildman–Crippen LogP) is 3.49. The number of nitrogens with one attached hydrogen (secondary N) is 2. The smallest absolute Gasteiger partial charge is 0.305 e. The number of carbonyl (C=O) groups excluding carboxylic acids is 1. The van der Waals surface area contributed by atoms with Crippen molar-refractivity contribution in [2.24, 2.45) is 5.10 Å². The summed E-state index contributed by atoms with van der Waals surface area (Å²) in [6.07, 6.45) is 2.21. The zero-order valence-electron chi connectivity index (χ0n) is 19.4. The maximum Gasteiger partial charge on any atom is 0.305 e. The van der Waals surface area contributed by atoms with Crippen LogP contribution in [0.2, 0.25) is 0 Å². The standard InChI is InChI=1S/C25H25N5O5/c1-3-34-21(31)13-8-14-35-23-18(11-7-12-20(23)33-2)16-27-30-25-28-22(17-9-5-4-6-10-17)19(15-26)24(32)29-25/h4-7,9-12,16H,3,8,13-14H2,1-2H3,(H2,28,29,30,32). The number of H-pyrrole nitrogens is 1. The Bertz CT molecular complexity index is 1280. The monoisotopic (exact) mass is 475 g/mol. The molecule has 3 aromatic rings. The molecular weight excluding hydrogens is 450 g/mol. The van der Waals surface area contributed by atoms with Crippen molar-refractivity contribution in [3.8, 4) is 28.8 Å². The molecule has 0 saturated heterocycles. The van der Waals surface area contributed by atoms with Crippen LogP contribution in [0.5, 0.6) is 11.5 Å². The molecule has 1 aromatic heterocycles. The number of ether oxygens (including phenoxy) is 3. The zero-order chi connectivity index (χ0) is 25.0. The molecule has 0 bridgehead atoms. The minimum absolute atomic E-state index is 0.0731. The first kappa shape index (κ1) is 25.0. The lowest BCUT2D eigenvalue weighted by Gasteiger charge is -2.13. The number of aromatic nitrogens is 2. The van der Waals surface area contributed by atoms with E-state index in [0.717, 1.165) is 0 Å². The summed E-state index contributed by atoms with van der Waals surface area (Å²) in [4.78, 5) is 30.8. The van der Waals surface area contributed by atoms with Gasteiger partial charge >= 0.3 is 5.97 Å². The number of esters is 1. The van der Waals surface area contributed by atoms with Gasteiger partial charge in [-0.25, -0.2) is 10.4 Å². The van der Waals surface area contributed by atoms with Crippen molar-refractivity contribution in [2.45, 2.75) is 19.8 Å². The molecule has 0 aliphatic heterocycles. The molecule has 2 N–H and O–H groups in total. The predicted molar refractivity (Wildman–Crippen MR) is 131 cm³/mol. The number of para-hydroxylation sites is 1. The number of methoxy groups -OCH3 is 1. The van der Waals surface area contributed by atoms with Gasteiger partial charge in [-0.05, 0) is 25.5 Å². The largest absolute Gasteiger partial charge is 0.493 e. The van der Waals surface area contributed by atoms with Crippen LogP contribution in [0, 0.1) is 11.3 Å². The van der Waals surface area contributed by atoms with Gasteiger partial charge in [0.25, 0.3) is 5.56 Å². The van der Waals surface area contributed by atoms with Gasteiger partial charge in [-0.15, -0.1) is 0 Å². The Morgan fingerprint density at radius 3 is 2.74 bits per heavy atom. The van der Waals surface area contributed by atoms with Crippen LogP contribution in [0.15, 0.2) is 58.4 Å². The van der Waals surface area contributed by atoms with Crippen molar-refractivity contribution >= 4 is 18.1 Å². The first-order chi connectivity index (χ1) is 17.1. The highest BCUT2D eigenvalue weighted by Gasteiger charge is 2.13. The summed E-state index contributed by atoms with van der Waals surface area (Å²) in [5.41, 5.74) is 3.52. The Morgan fingerprint density at radius 1 is 1.23 bits per heavy atom. The van der Waals surface area contributed by atoms with Crippen molar-refractivity contribution in [3.63, 3.8) is 0 Å². The molecule has 180 valence electrons.